The fraction of sp³-hybridized carbons (Fsp3) is 0.200. The number of aliphatic carboxylic acids is 1. The number of rotatable bonds is 5. The van der Waals surface area contributed by atoms with Crippen LogP contribution in [0.1, 0.15) is 0 Å². The van der Waals surface area contributed by atoms with Crippen LogP contribution in [0.4, 0.5) is 0 Å². The van der Waals surface area contributed by atoms with Crippen molar-refractivity contribution in [2.75, 3.05) is 13.2 Å². The Bertz CT molecular complexity index is 438. The quantitative estimate of drug-likeness (QED) is 0.865. The molecule has 1 aromatic carbocycles. The number of benzene rings is 1. The number of halogens is 2. The number of carboxylic acids is 1. The standard InChI is InChI=1S/C10H9BrClNO4/c11-7-3-6(12)1-2-8(7)17-5-9(14)13-4-10(15)16/h1-3H,4-5H2,(H,13,14)(H,15,16). The summed E-state index contributed by atoms with van der Waals surface area (Å²) in [4.78, 5) is 21.4. The molecule has 0 aliphatic carbocycles. The van der Waals surface area contributed by atoms with Crippen molar-refractivity contribution in [3.63, 3.8) is 0 Å². The molecule has 7 heteroatoms. The number of carbonyl (C=O) groups is 2. The second-order valence-corrected chi connectivity index (χ2v) is 4.32. The summed E-state index contributed by atoms with van der Waals surface area (Å²) < 4.78 is 5.80. The van der Waals surface area contributed by atoms with Gasteiger partial charge in [0.15, 0.2) is 6.61 Å². The Morgan fingerprint density at radius 1 is 1.47 bits per heavy atom. The topological polar surface area (TPSA) is 75.6 Å². The van der Waals surface area contributed by atoms with Crippen LogP contribution in [-0.4, -0.2) is 30.1 Å². The predicted octanol–water partition coefficient (Wildman–Crippen LogP) is 1.68. The molecule has 0 atom stereocenters. The van der Waals surface area contributed by atoms with Crippen LogP contribution in [0, 0.1) is 0 Å². The Morgan fingerprint density at radius 2 is 2.18 bits per heavy atom. The third kappa shape index (κ3) is 5.06. The molecular weight excluding hydrogens is 313 g/mol. The lowest BCUT2D eigenvalue weighted by Crippen LogP contribution is -2.33. The Balaban J connectivity index is 2.44. The largest absolute Gasteiger partial charge is 0.483 e. The van der Waals surface area contributed by atoms with Crippen molar-refractivity contribution in [2.24, 2.45) is 0 Å². The minimum Gasteiger partial charge on any atom is -0.483 e. The molecule has 5 nitrogen and oxygen atoms in total. The van der Waals surface area contributed by atoms with E-state index in [1.165, 1.54) is 0 Å². The molecule has 17 heavy (non-hydrogen) atoms. The van der Waals surface area contributed by atoms with Gasteiger partial charge in [-0.2, -0.15) is 0 Å². The van der Waals surface area contributed by atoms with Crippen molar-refractivity contribution in [1.82, 2.24) is 5.32 Å². The molecule has 0 saturated heterocycles. The molecule has 1 amide bonds. The van der Waals surface area contributed by atoms with Gasteiger partial charge in [0.05, 0.1) is 4.47 Å². The van der Waals surface area contributed by atoms with E-state index in [1.807, 2.05) is 0 Å². The Labute approximate surface area is 111 Å². The minimum absolute atomic E-state index is 0.256. The SMILES string of the molecule is O=C(O)CNC(=O)COc1ccc(Cl)cc1Br. The van der Waals surface area contributed by atoms with Crippen LogP contribution in [0.5, 0.6) is 5.75 Å². The van der Waals surface area contributed by atoms with Crippen LogP contribution < -0.4 is 10.1 Å². The first-order valence-corrected chi connectivity index (χ1v) is 5.72. The summed E-state index contributed by atoms with van der Waals surface area (Å²) in [6.45, 7) is -0.683. The van der Waals surface area contributed by atoms with Crippen molar-refractivity contribution in [2.45, 2.75) is 0 Å². The van der Waals surface area contributed by atoms with Gasteiger partial charge in [0, 0.05) is 5.02 Å². The lowest BCUT2D eigenvalue weighted by atomic mass is 10.3. The van der Waals surface area contributed by atoms with Crippen LogP contribution in [0.15, 0.2) is 22.7 Å². The minimum atomic E-state index is -1.11. The summed E-state index contributed by atoms with van der Waals surface area (Å²) in [7, 11) is 0. The molecule has 0 aliphatic heterocycles. The third-order valence-electron chi connectivity index (χ3n) is 1.69. The molecule has 92 valence electrons. The van der Waals surface area contributed by atoms with E-state index < -0.39 is 18.4 Å². The molecule has 0 bridgehead atoms. The first kappa shape index (κ1) is 13.8. The van der Waals surface area contributed by atoms with Gasteiger partial charge in [-0.1, -0.05) is 11.6 Å². The van der Waals surface area contributed by atoms with Gasteiger partial charge in [-0.05, 0) is 34.1 Å². The highest BCUT2D eigenvalue weighted by atomic mass is 79.9. The van der Waals surface area contributed by atoms with E-state index in [1.54, 1.807) is 18.2 Å². The highest BCUT2D eigenvalue weighted by Gasteiger charge is 2.07. The van der Waals surface area contributed by atoms with Crippen molar-refractivity contribution in [3.8, 4) is 5.75 Å². The van der Waals surface area contributed by atoms with E-state index in [0.717, 1.165) is 0 Å². The van der Waals surface area contributed by atoms with Gasteiger partial charge < -0.3 is 15.2 Å². The molecule has 1 rings (SSSR count). The van der Waals surface area contributed by atoms with E-state index >= 15 is 0 Å². The summed E-state index contributed by atoms with van der Waals surface area (Å²) in [5.74, 6) is -1.15. The number of ether oxygens (including phenoxy) is 1. The molecule has 2 N–H and O–H groups in total. The highest BCUT2D eigenvalue weighted by Crippen LogP contribution is 2.27. The van der Waals surface area contributed by atoms with Crippen LogP contribution >= 0.6 is 27.5 Å². The van der Waals surface area contributed by atoms with Crippen molar-refractivity contribution < 1.29 is 19.4 Å². The summed E-state index contributed by atoms with van der Waals surface area (Å²) in [6.07, 6.45) is 0. The number of hydrogen-bond donors (Lipinski definition) is 2. The molecule has 1 aromatic rings. The van der Waals surface area contributed by atoms with Gasteiger partial charge in [-0.15, -0.1) is 0 Å². The van der Waals surface area contributed by atoms with Gasteiger partial charge in [-0.25, -0.2) is 0 Å². The third-order valence-corrected chi connectivity index (χ3v) is 2.54. The zero-order valence-electron chi connectivity index (χ0n) is 8.57. The Kier molecular flexibility index (Phi) is 5.24. The molecule has 0 radical (unpaired) electrons. The van der Waals surface area contributed by atoms with E-state index in [-0.39, 0.29) is 6.61 Å². The van der Waals surface area contributed by atoms with Crippen LogP contribution in [0.2, 0.25) is 5.02 Å². The molecule has 0 aromatic heterocycles. The first-order chi connectivity index (χ1) is 7.99. The van der Waals surface area contributed by atoms with Crippen molar-refractivity contribution in [3.05, 3.63) is 27.7 Å². The van der Waals surface area contributed by atoms with Gasteiger partial charge in [0.25, 0.3) is 5.91 Å². The summed E-state index contributed by atoms with van der Waals surface area (Å²) in [5.41, 5.74) is 0. The summed E-state index contributed by atoms with van der Waals surface area (Å²) in [5, 5.41) is 11.1. The fourth-order valence-corrected chi connectivity index (χ4v) is 1.76. The Hall–Kier alpha value is -1.27. The monoisotopic (exact) mass is 321 g/mol. The zero-order chi connectivity index (χ0) is 12.8. The lowest BCUT2D eigenvalue weighted by molar-refractivity contribution is -0.138. The van der Waals surface area contributed by atoms with Gasteiger partial charge in [-0.3, -0.25) is 9.59 Å². The number of nitrogens with one attached hydrogen (secondary N) is 1. The maximum absolute atomic E-state index is 11.2. The number of amides is 1. The van der Waals surface area contributed by atoms with Crippen LogP contribution in [-0.2, 0) is 9.59 Å². The second-order valence-electron chi connectivity index (χ2n) is 3.03. The van der Waals surface area contributed by atoms with Gasteiger partial charge in [0.1, 0.15) is 12.3 Å². The second kappa shape index (κ2) is 6.46. The number of carboxylic acid groups (broad SMARTS) is 1. The maximum Gasteiger partial charge on any atom is 0.322 e. The highest BCUT2D eigenvalue weighted by molar-refractivity contribution is 9.10. The molecule has 0 aliphatic rings. The van der Waals surface area contributed by atoms with Crippen LogP contribution in [0.25, 0.3) is 0 Å². The maximum atomic E-state index is 11.2. The first-order valence-electron chi connectivity index (χ1n) is 4.55. The lowest BCUT2D eigenvalue weighted by Gasteiger charge is -2.08. The average molecular weight is 323 g/mol. The van der Waals surface area contributed by atoms with Crippen molar-refractivity contribution >= 4 is 39.4 Å². The smallest absolute Gasteiger partial charge is 0.322 e. The summed E-state index contributed by atoms with van der Waals surface area (Å²) in [6, 6.07) is 4.86. The molecule has 0 unspecified atom stereocenters. The molecular formula is C10H9BrClNO4. The van der Waals surface area contributed by atoms with Crippen molar-refractivity contribution in [1.29, 1.82) is 0 Å². The van der Waals surface area contributed by atoms with E-state index in [9.17, 15) is 9.59 Å². The van der Waals surface area contributed by atoms with E-state index in [2.05, 4.69) is 21.2 Å². The van der Waals surface area contributed by atoms with E-state index in [0.29, 0.717) is 15.2 Å². The predicted molar refractivity (Wildman–Crippen MR) is 65.3 cm³/mol. The van der Waals surface area contributed by atoms with Crippen LogP contribution in [0.3, 0.4) is 0 Å². The Morgan fingerprint density at radius 3 is 2.76 bits per heavy atom. The van der Waals surface area contributed by atoms with Gasteiger partial charge >= 0.3 is 5.97 Å². The number of carbonyl (C=O) groups excluding carboxylic acids is 1. The molecule has 0 spiro atoms. The zero-order valence-corrected chi connectivity index (χ0v) is 10.9. The molecule has 0 heterocycles. The average Bonchev–Trinajstić information content (AvgIpc) is 2.25. The molecule has 0 saturated carbocycles. The summed E-state index contributed by atoms with van der Waals surface area (Å²) >= 11 is 8.96. The fourth-order valence-electron chi connectivity index (χ4n) is 0.961. The van der Waals surface area contributed by atoms with Gasteiger partial charge in [0.2, 0.25) is 0 Å². The normalized spacial score (nSPS) is 9.76. The molecule has 0 fully saturated rings. The number of hydrogen-bond acceptors (Lipinski definition) is 3. The van der Waals surface area contributed by atoms with E-state index in [4.69, 9.17) is 21.4 Å².